The maximum absolute atomic E-state index is 5.05. The predicted octanol–water partition coefficient (Wildman–Crippen LogP) is 8.94. The quantitative estimate of drug-likeness (QED) is 0.404. The molecule has 2 aromatic rings. The molecule has 3 heteroatoms. The zero-order chi connectivity index (χ0) is 29.2. The summed E-state index contributed by atoms with van der Waals surface area (Å²) in [4.78, 5) is 7.75. The number of rotatable bonds is 3. The smallest absolute Gasteiger partial charge is 0.0824 e. The lowest BCUT2D eigenvalue weighted by atomic mass is 9.72. The Hall–Kier alpha value is -4.11. The van der Waals surface area contributed by atoms with Gasteiger partial charge in [-0.15, -0.1) is 0 Å². The van der Waals surface area contributed by atoms with Gasteiger partial charge in [0, 0.05) is 34.8 Å². The topological polar surface area (TPSA) is 27.6 Å². The van der Waals surface area contributed by atoms with Crippen LogP contribution in [0.1, 0.15) is 75.1 Å². The molecule has 3 nitrogen and oxygen atoms in total. The van der Waals surface area contributed by atoms with Crippen molar-refractivity contribution >= 4 is 23.2 Å². The van der Waals surface area contributed by atoms with Crippen molar-refractivity contribution in [2.45, 2.75) is 69.9 Å². The van der Waals surface area contributed by atoms with E-state index in [-0.39, 0.29) is 22.9 Å². The largest absolute Gasteiger partial charge is 0.381 e. The van der Waals surface area contributed by atoms with Gasteiger partial charge in [-0.3, -0.25) is 4.99 Å². The SMILES string of the molecule is CC1(C)C2=C(CCC=C2)C2=C(c3ccccc31)C1C=CC=CC1N2c1ccc([C@@]2(C)CCCC=N2)cc1C1=CC=CCN1. The summed E-state index contributed by atoms with van der Waals surface area (Å²) in [6, 6.07) is 16.6. The number of benzene rings is 2. The molecule has 3 atom stereocenters. The van der Waals surface area contributed by atoms with Crippen molar-refractivity contribution in [2.75, 3.05) is 11.4 Å². The van der Waals surface area contributed by atoms with E-state index in [1.54, 1.807) is 0 Å². The summed E-state index contributed by atoms with van der Waals surface area (Å²) in [5, 5.41) is 3.72. The van der Waals surface area contributed by atoms with E-state index in [4.69, 9.17) is 4.99 Å². The molecule has 1 N–H and O–H groups in total. The predicted molar refractivity (Wildman–Crippen MR) is 181 cm³/mol. The van der Waals surface area contributed by atoms with Crippen molar-refractivity contribution in [3.05, 3.63) is 136 Å². The van der Waals surface area contributed by atoms with Gasteiger partial charge < -0.3 is 10.2 Å². The fourth-order valence-electron chi connectivity index (χ4n) is 8.37. The number of dihydropyridines is 1. The van der Waals surface area contributed by atoms with E-state index < -0.39 is 0 Å². The van der Waals surface area contributed by atoms with Gasteiger partial charge >= 0.3 is 0 Å². The third-order valence-corrected chi connectivity index (χ3v) is 10.6. The van der Waals surface area contributed by atoms with E-state index >= 15 is 0 Å². The molecule has 0 amide bonds. The summed E-state index contributed by atoms with van der Waals surface area (Å²) in [5.41, 5.74) is 13.5. The van der Waals surface area contributed by atoms with E-state index in [2.05, 4.69) is 134 Å². The number of aliphatic imine (C=N–C) groups is 1. The molecule has 0 saturated carbocycles. The first-order chi connectivity index (χ1) is 21.0. The van der Waals surface area contributed by atoms with Gasteiger partial charge in [0.15, 0.2) is 0 Å². The highest BCUT2D eigenvalue weighted by atomic mass is 15.2. The van der Waals surface area contributed by atoms with Gasteiger partial charge in [-0.05, 0) is 96.9 Å². The standard InChI is InChI=1S/C40H41N3/c1-39(2)32-17-7-4-14-28(32)37-30-16-6-9-20-35(30)43(38(37)29-15-5-8-18-33(29)39)36-22-21-27(40(3)23-11-13-25-42-40)26-31(36)34-19-10-12-24-41-34/h4,6-10,12,14,16-22,25-26,30,35,41H,5,11,13,15,23-24H2,1-3H3/t30?,35?,40-/m1/s1. The third-order valence-electron chi connectivity index (χ3n) is 10.6. The second-order valence-corrected chi connectivity index (χ2v) is 13.5. The van der Waals surface area contributed by atoms with Crippen LogP contribution in [0.3, 0.4) is 0 Å². The van der Waals surface area contributed by atoms with Gasteiger partial charge in [-0.2, -0.15) is 0 Å². The molecule has 2 unspecified atom stereocenters. The van der Waals surface area contributed by atoms with Crippen LogP contribution in [0.5, 0.6) is 0 Å². The van der Waals surface area contributed by atoms with Crippen LogP contribution < -0.4 is 10.2 Å². The van der Waals surface area contributed by atoms with Crippen LogP contribution in [0.2, 0.25) is 0 Å². The number of hydrogen-bond acceptors (Lipinski definition) is 3. The minimum atomic E-state index is -0.183. The number of hydrogen-bond donors (Lipinski definition) is 1. The van der Waals surface area contributed by atoms with Crippen molar-refractivity contribution < 1.29 is 0 Å². The second-order valence-electron chi connectivity index (χ2n) is 13.5. The van der Waals surface area contributed by atoms with Gasteiger partial charge in [0.05, 0.1) is 17.3 Å². The molecule has 3 heterocycles. The third kappa shape index (κ3) is 4.04. The summed E-state index contributed by atoms with van der Waals surface area (Å²) in [6.45, 7) is 7.99. The average Bonchev–Trinajstić information content (AvgIpc) is 3.36. The van der Waals surface area contributed by atoms with Crippen LogP contribution in [0.25, 0.3) is 11.3 Å². The normalized spacial score (nSPS) is 28.2. The second kappa shape index (κ2) is 9.98. The zero-order valence-corrected chi connectivity index (χ0v) is 25.6. The van der Waals surface area contributed by atoms with Crippen molar-refractivity contribution in [3.63, 3.8) is 0 Å². The Morgan fingerprint density at radius 1 is 0.930 bits per heavy atom. The summed E-state index contributed by atoms with van der Waals surface area (Å²) in [6.07, 6.45) is 28.5. The molecule has 216 valence electrons. The summed E-state index contributed by atoms with van der Waals surface area (Å²) >= 11 is 0. The zero-order valence-electron chi connectivity index (χ0n) is 25.6. The maximum Gasteiger partial charge on any atom is 0.0824 e. The van der Waals surface area contributed by atoms with Crippen LogP contribution in [0.4, 0.5) is 5.69 Å². The van der Waals surface area contributed by atoms with Gasteiger partial charge in [0.25, 0.3) is 0 Å². The molecule has 3 aliphatic carbocycles. The minimum absolute atomic E-state index is 0.0823. The fraction of sp³-hybridized carbons (Fsp3) is 0.325. The van der Waals surface area contributed by atoms with Crippen molar-refractivity contribution in [3.8, 4) is 0 Å². The molecule has 2 aromatic carbocycles. The van der Waals surface area contributed by atoms with Crippen molar-refractivity contribution in [1.29, 1.82) is 0 Å². The van der Waals surface area contributed by atoms with Gasteiger partial charge in [0.1, 0.15) is 0 Å². The number of nitrogens with one attached hydrogen (secondary N) is 1. The van der Waals surface area contributed by atoms with E-state index in [1.165, 1.54) is 62.5 Å². The van der Waals surface area contributed by atoms with Crippen molar-refractivity contribution in [2.24, 2.45) is 10.9 Å². The molecule has 0 radical (unpaired) electrons. The van der Waals surface area contributed by atoms with Gasteiger partial charge in [-0.25, -0.2) is 0 Å². The molecule has 0 fully saturated rings. The van der Waals surface area contributed by atoms with Crippen LogP contribution in [-0.4, -0.2) is 18.8 Å². The van der Waals surface area contributed by atoms with Crippen LogP contribution >= 0.6 is 0 Å². The molecule has 0 aromatic heterocycles. The molecule has 0 saturated heterocycles. The molecular weight excluding hydrogens is 522 g/mol. The number of fused-ring (bicyclic) bond motifs is 5. The Bertz CT molecular complexity index is 1750. The lowest BCUT2D eigenvalue weighted by Gasteiger charge is -2.38. The summed E-state index contributed by atoms with van der Waals surface area (Å²) in [7, 11) is 0. The first kappa shape index (κ1) is 26.5. The van der Waals surface area contributed by atoms with Gasteiger partial charge in [-0.1, -0.05) is 92.8 Å². The van der Waals surface area contributed by atoms with Crippen LogP contribution in [0.15, 0.2) is 119 Å². The molecule has 0 spiro atoms. The Labute approximate surface area is 256 Å². The first-order valence-corrected chi connectivity index (χ1v) is 16.2. The highest BCUT2D eigenvalue weighted by Gasteiger charge is 2.47. The Morgan fingerprint density at radius 3 is 2.65 bits per heavy atom. The van der Waals surface area contributed by atoms with Gasteiger partial charge in [0.2, 0.25) is 0 Å². The number of allylic oxidation sites excluding steroid dienone is 8. The molecule has 43 heavy (non-hydrogen) atoms. The Morgan fingerprint density at radius 2 is 1.81 bits per heavy atom. The van der Waals surface area contributed by atoms with Crippen LogP contribution in [-0.2, 0) is 11.0 Å². The van der Waals surface area contributed by atoms with Crippen LogP contribution in [0, 0.1) is 5.92 Å². The van der Waals surface area contributed by atoms with E-state index in [1.807, 2.05) is 0 Å². The highest BCUT2D eigenvalue weighted by Crippen LogP contribution is 2.56. The Balaban J connectivity index is 1.41. The first-order valence-electron chi connectivity index (χ1n) is 16.2. The molecule has 8 rings (SSSR count). The monoisotopic (exact) mass is 563 g/mol. The van der Waals surface area contributed by atoms with Crippen molar-refractivity contribution in [1.82, 2.24) is 5.32 Å². The molecule has 6 aliphatic rings. The molecular formula is C40H41N3. The fourth-order valence-corrected chi connectivity index (χ4v) is 8.37. The average molecular weight is 564 g/mol. The lowest BCUT2D eigenvalue weighted by molar-refractivity contribution is 0.429. The van der Waals surface area contributed by atoms with E-state index in [9.17, 15) is 0 Å². The summed E-state index contributed by atoms with van der Waals surface area (Å²) < 4.78 is 0. The van der Waals surface area contributed by atoms with E-state index in [0.29, 0.717) is 0 Å². The van der Waals surface area contributed by atoms with E-state index in [0.717, 1.165) is 32.2 Å². The minimum Gasteiger partial charge on any atom is -0.381 e. The Kier molecular flexibility index (Phi) is 6.15. The highest BCUT2D eigenvalue weighted by molar-refractivity contribution is 5.92. The lowest BCUT2D eigenvalue weighted by Crippen LogP contribution is -2.36. The molecule has 0 bridgehead atoms. The number of anilines is 1. The maximum atomic E-state index is 5.05. The molecule has 3 aliphatic heterocycles. The number of nitrogens with zero attached hydrogens (tertiary/aromatic N) is 2. The summed E-state index contributed by atoms with van der Waals surface area (Å²) in [5.74, 6) is 0.288.